The molecule has 2 aromatic rings. The molecule has 10 heteroatoms. The average molecular weight is 461 g/mol. The van der Waals surface area contributed by atoms with E-state index in [2.05, 4.69) is 4.99 Å². The summed E-state index contributed by atoms with van der Waals surface area (Å²) in [6.45, 7) is 0.931. The minimum atomic E-state index is -3.15. The SMILES string of the molecule is COc1ccc(C(=O)N=C2SC3CS(=O)(=O)CC3N2c2ccc3c(c2)OCCO3)cc1. The first-order valence-electron chi connectivity index (χ1n) is 9.76. The summed E-state index contributed by atoms with van der Waals surface area (Å²) in [5, 5.41) is 0.308. The van der Waals surface area contributed by atoms with Gasteiger partial charge in [0.1, 0.15) is 19.0 Å². The summed E-state index contributed by atoms with van der Waals surface area (Å²) in [7, 11) is -1.59. The molecule has 3 aliphatic rings. The Balaban J connectivity index is 1.51. The summed E-state index contributed by atoms with van der Waals surface area (Å²) in [5.41, 5.74) is 1.16. The molecule has 0 N–H and O–H groups in total. The number of fused-ring (bicyclic) bond motifs is 2. The van der Waals surface area contributed by atoms with Crippen LogP contribution in [0.1, 0.15) is 10.4 Å². The molecule has 0 aromatic heterocycles. The molecule has 2 saturated heterocycles. The standard InChI is InChI=1S/C21H20N2O6S2/c1-27-15-5-2-13(3-6-15)20(24)22-21-23(16-11-31(25,26)12-19(16)30-21)14-4-7-17-18(10-14)29-9-8-28-17/h2-7,10,16,19H,8-9,11-12H2,1H3. The number of anilines is 1. The van der Waals surface area contributed by atoms with E-state index in [0.717, 1.165) is 5.69 Å². The molecule has 162 valence electrons. The Labute approximate surface area is 184 Å². The smallest absolute Gasteiger partial charge is 0.279 e. The first-order valence-corrected chi connectivity index (χ1v) is 12.5. The van der Waals surface area contributed by atoms with Crippen molar-refractivity contribution >= 4 is 38.4 Å². The van der Waals surface area contributed by atoms with Gasteiger partial charge in [-0.3, -0.25) is 4.79 Å². The molecule has 2 aromatic carbocycles. The van der Waals surface area contributed by atoms with Gasteiger partial charge in [-0.05, 0) is 36.4 Å². The lowest BCUT2D eigenvalue weighted by atomic mass is 10.2. The number of benzene rings is 2. The Morgan fingerprint density at radius 2 is 1.84 bits per heavy atom. The van der Waals surface area contributed by atoms with Crippen molar-refractivity contribution in [3.05, 3.63) is 48.0 Å². The summed E-state index contributed by atoms with van der Waals surface area (Å²) in [4.78, 5) is 19.0. The molecular weight excluding hydrogens is 440 g/mol. The van der Waals surface area contributed by atoms with Crippen LogP contribution in [0.4, 0.5) is 5.69 Å². The van der Waals surface area contributed by atoms with Crippen LogP contribution in [0.5, 0.6) is 17.2 Å². The number of rotatable bonds is 3. The van der Waals surface area contributed by atoms with Gasteiger partial charge >= 0.3 is 0 Å². The molecule has 5 rings (SSSR count). The third kappa shape index (κ3) is 3.85. The molecule has 2 atom stereocenters. The lowest BCUT2D eigenvalue weighted by Gasteiger charge is -2.26. The fraction of sp³-hybridized carbons (Fsp3) is 0.333. The average Bonchev–Trinajstić information content (AvgIpc) is 3.24. The maximum Gasteiger partial charge on any atom is 0.279 e. The molecule has 0 spiro atoms. The minimum absolute atomic E-state index is 0.0227. The monoisotopic (exact) mass is 460 g/mol. The summed E-state index contributed by atoms with van der Waals surface area (Å²) < 4.78 is 40.9. The first kappa shape index (κ1) is 20.2. The third-order valence-corrected chi connectivity index (χ3v) is 8.61. The van der Waals surface area contributed by atoms with Crippen molar-refractivity contribution in [2.24, 2.45) is 4.99 Å². The minimum Gasteiger partial charge on any atom is -0.497 e. The van der Waals surface area contributed by atoms with Gasteiger partial charge in [-0.25, -0.2) is 8.42 Å². The number of sulfone groups is 1. The molecule has 1 amide bonds. The molecule has 2 fully saturated rings. The van der Waals surface area contributed by atoms with Crippen molar-refractivity contribution in [1.29, 1.82) is 0 Å². The second kappa shape index (κ2) is 7.76. The van der Waals surface area contributed by atoms with Crippen molar-refractivity contribution in [3.8, 4) is 17.2 Å². The number of methoxy groups -OCH3 is 1. The van der Waals surface area contributed by atoms with Crippen molar-refractivity contribution in [2.75, 3.05) is 36.7 Å². The van der Waals surface area contributed by atoms with E-state index in [-0.39, 0.29) is 22.8 Å². The van der Waals surface area contributed by atoms with E-state index in [9.17, 15) is 13.2 Å². The van der Waals surface area contributed by atoms with E-state index in [1.807, 2.05) is 17.0 Å². The van der Waals surface area contributed by atoms with Crippen molar-refractivity contribution in [2.45, 2.75) is 11.3 Å². The van der Waals surface area contributed by atoms with Crippen molar-refractivity contribution < 1.29 is 27.4 Å². The van der Waals surface area contributed by atoms with Crippen molar-refractivity contribution in [3.63, 3.8) is 0 Å². The van der Waals surface area contributed by atoms with Gasteiger partial charge in [-0.15, -0.1) is 0 Å². The molecule has 2 unspecified atom stereocenters. The topological polar surface area (TPSA) is 94.5 Å². The molecule has 0 aliphatic carbocycles. The largest absolute Gasteiger partial charge is 0.497 e. The highest BCUT2D eigenvalue weighted by Crippen LogP contribution is 2.43. The van der Waals surface area contributed by atoms with E-state index in [4.69, 9.17) is 14.2 Å². The van der Waals surface area contributed by atoms with Gasteiger partial charge < -0.3 is 19.1 Å². The Kier molecular flexibility index (Phi) is 5.05. The zero-order chi connectivity index (χ0) is 21.6. The number of carbonyl (C=O) groups is 1. The normalized spacial score (nSPS) is 24.8. The Hall–Kier alpha value is -2.72. The van der Waals surface area contributed by atoms with Crippen LogP contribution >= 0.6 is 11.8 Å². The first-order chi connectivity index (χ1) is 14.9. The zero-order valence-corrected chi connectivity index (χ0v) is 18.3. The number of hydrogen-bond acceptors (Lipinski definition) is 7. The molecule has 31 heavy (non-hydrogen) atoms. The van der Waals surface area contributed by atoms with Crippen LogP contribution in [0, 0.1) is 0 Å². The van der Waals surface area contributed by atoms with E-state index < -0.39 is 15.7 Å². The van der Waals surface area contributed by atoms with E-state index in [0.29, 0.717) is 41.2 Å². The summed E-state index contributed by atoms with van der Waals surface area (Å²) in [5.74, 6) is 1.59. The predicted molar refractivity (Wildman–Crippen MR) is 118 cm³/mol. The third-order valence-electron chi connectivity index (χ3n) is 5.40. The lowest BCUT2D eigenvalue weighted by Crippen LogP contribution is -2.37. The molecule has 0 bridgehead atoms. The van der Waals surface area contributed by atoms with E-state index in [1.54, 1.807) is 37.4 Å². The summed E-state index contributed by atoms with van der Waals surface area (Å²) >= 11 is 1.33. The number of hydrogen-bond donors (Lipinski definition) is 0. The van der Waals surface area contributed by atoms with Gasteiger partial charge in [0.25, 0.3) is 5.91 Å². The van der Waals surface area contributed by atoms with Gasteiger partial charge in [0.2, 0.25) is 0 Å². The molecule has 0 radical (unpaired) electrons. The number of nitrogens with zero attached hydrogens (tertiary/aromatic N) is 2. The fourth-order valence-corrected chi connectivity index (χ4v) is 7.85. The van der Waals surface area contributed by atoms with Gasteiger partial charge in [0.15, 0.2) is 26.5 Å². The van der Waals surface area contributed by atoms with Crippen LogP contribution in [-0.4, -0.2) is 62.6 Å². The maximum atomic E-state index is 12.8. The predicted octanol–water partition coefficient (Wildman–Crippen LogP) is 2.38. The van der Waals surface area contributed by atoms with E-state index in [1.165, 1.54) is 11.8 Å². The Morgan fingerprint density at radius 3 is 2.58 bits per heavy atom. The Morgan fingerprint density at radius 1 is 1.10 bits per heavy atom. The molecule has 8 nitrogen and oxygen atoms in total. The number of carbonyl (C=O) groups excluding carboxylic acids is 1. The second-order valence-corrected chi connectivity index (χ2v) is 10.8. The van der Waals surface area contributed by atoms with Crippen LogP contribution in [0.15, 0.2) is 47.5 Å². The lowest BCUT2D eigenvalue weighted by molar-refractivity contribution is 0.100. The second-order valence-electron chi connectivity index (χ2n) is 7.43. The highest BCUT2D eigenvalue weighted by Gasteiger charge is 2.49. The quantitative estimate of drug-likeness (QED) is 0.689. The number of ether oxygens (including phenoxy) is 3. The molecular formula is C21H20N2O6S2. The zero-order valence-electron chi connectivity index (χ0n) is 16.7. The molecule has 3 heterocycles. The van der Waals surface area contributed by atoms with Crippen LogP contribution in [0.2, 0.25) is 0 Å². The number of amides is 1. The number of aliphatic imine (C=N–C) groups is 1. The van der Waals surface area contributed by atoms with Crippen LogP contribution in [0.3, 0.4) is 0 Å². The summed E-state index contributed by atoms with van der Waals surface area (Å²) in [6.07, 6.45) is 0. The highest BCUT2D eigenvalue weighted by molar-refractivity contribution is 8.16. The van der Waals surface area contributed by atoms with Gasteiger partial charge in [-0.2, -0.15) is 4.99 Å². The molecule has 0 saturated carbocycles. The number of thioether (sulfide) groups is 1. The van der Waals surface area contributed by atoms with Crippen LogP contribution < -0.4 is 19.1 Å². The fourth-order valence-electron chi connectivity index (χ4n) is 3.93. The van der Waals surface area contributed by atoms with Crippen molar-refractivity contribution in [1.82, 2.24) is 0 Å². The number of amidine groups is 1. The maximum absolute atomic E-state index is 12.8. The summed E-state index contributed by atoms with van der Waals surface area (Å²) in [6, 6.07) is 11.9. The van der Waals surface area contributed by atoms with Gasteiger partial charge in [-0.1, -0.05) is 11.8 Å². The van der Waals surface area contributed by atoms with Gasteiger partial charge in [0, 0.05) is 22.6 Å². The van der Waals surface area contributed by atoms with Crippen LogP contribution in [0.25, 0.3) is 0 Å². The van der Waals surface area contributed by atoms with E-state index >= 15 is 0 Å². The van der Waals surface area contributed by atoms with Gasteiger partial charge in [0.05, 0.1) is 24.7 Å². The Bertz CT molecular complexity index is 1160. The molecule has 3 aliphatic heterocycles. The van der Waals surface area contributed by atoms with Crippen LogP contribution in [-0.2, 0) is 9.84 Å². The highest BCUT2D eigenvalue weighted by atomic mass is 32.2.